The number of anilines is 1. The molecule has 4 heterocycles. The highest BCUT2D eigenvalue weighted by Crippen LogP contribution is 2.23. The van der Waals surface area contributed by atoms with Crippen LogP contribution >= 0.6 is 11.6 Å². The molecular weight excluding hydrogens is 407 g/mol. The van der Waals surface area contributed by atoms with E-state index in [0.29, 0.717) is 12.2 Å². The summed E-state index contributed by atoms with van der Waals surface area (Å²) < 4.78 is 17.2. The van der Waals surface area contributed by atoms with Crippen molar-refractivity contribution >= 4 is 28.8 Å². The van der Waals surface area contributed by atoms with E-state index < -0.39 is 5.82 Å². The van der Waals surface area contributed by atoms with Crippen molar-refractivity contribution in [2.75, 3.05) is 18.0 Å². The van der Waals surface area contributed by atoms with Gasteiger partial charge >= 0.3 is 0 Å². The minimum atomic E-state index is -0.534. The number of rotatable bonds is 4. The Morgan fingerprint density at radius 3 is 2.97 bits per heavy atom. The van der Waals surface area contributed by atoms with Gasteiger partial charge < -0.3 is 14.6 Å². The van der Waals surface area contributed by atoms with Crippen molar-refractivity contribution in [2.24, 2.45) is 0 Å². The molecule has 152 valence electrons. The number of hydrogen-bond donors (Lipinski definition) is 1. The molecule has 0 saturated carbocycles. The smallest absolute Gasteiger partial charge is 0.272 e. The summed E-state index contributed by atoms with van der Waals surface area (Å²) in [5, 5.41) is 7.35. The van der Waals surface area contributed by atoms with E-state index in [1.165, 1.54) is 16.8 Å². The Kier molecular flexibility index (Phi) is 4.63. The zero-order chi connectivity index (χ0) is 20.7. The molecule has 1 aliphatic rings. The maximum Gasteiger partial charge on any atom is 0.272 e. The Morgan fingerprint density at radius 2 is 2.10 bits per heavy atom. The van der Waals surface area contributed by atoms with Crippen molar-refractivity contribution < 1.29 is 9.18 Å². The van der Waals surface area contributed by atoms with Crippen molar-refractivity contribution in [2.45, 2.75) is 12.5 Å². The Hall–Kier alpha value is -3.39. The fourth-order valence-corrected chi connectivity index (χ4v) is 3.86. The maximum absolute atomic E-state index is 13.7. The lowest BCUT2D eigenvalue weighted by atomic mass is 10.2. The zero-order valence-corrected chi connectivity index (χ0v) is 16.6. The molecular formula is C21H18ClFN6O. The topological polar surface area (TPSA) is 67.5 Å². The molecule has 30 heavy (non-hydrogen) atoms. The summed E-state index contributed by atoms with van der Waals surface area (Å²) in [6, 6.07) is 10.00. The molecule has 9 heteroatoms. The van der Waals surface area contributed by atoms with Gasteiger partial charge in [0.25, 0.3) is 5.91 Å². The molecule has 1 atom stereocenters. The lowest BCUT2D eigenvalue weighted by molar-refractivity contribution is 0.0935. The van der Waals surface area contributed by atoms with E-state index in [0.717, 1.165) is 24.3 Å². The molecule has 4 aromatic rings. The van der Waals surface area contributed by atoms with Crippen LogP contribution in [0.1, 0.15) is 16.9 Å². The fraction of sp³-hybridized carbons (Fsp3) is 0.190. The van der Waals surface area contributed by atoms with Gasteiger partial charge in [-0.05, 0) is 36.8 Å². The van der Waals surface area contributed by atoms with Gasteiger partial charge in [-0.2, -0.15) is 5.10 Å². The minimum absolute atomic E-state index is 0.00681. The van der Waals surface area contributed by atoms with Crippen LogP contribution in [0.2, 0.25) is 5.02 Å². The predicted octanol–water partition coefficient (Wildman–Crippen LogP) is 3.32. The SMILES string of the molecule is O=C(N[C@H]1CCN(c2nccn3cccc23)C1)c1ccn(-c2ccc(Cl)c(F)c2)n1. The molecule has 3 aromatic heterocycles. The number of halogens is 2. The first-order valence-corrected chi connectivity index (χ1v) is 9.95. The van der Waals surface area contributed by atoms with Gasteiger partial charge in [0.1, 0.15) is 5.82 Å². The molecule has 0 bridgehead atoms. The quantitative estimate of drug-likeness (QED) is 0.545. The third kappa shape index (κ3) is 3.39. The predicted molar refractivity (Wildman–Crippen MR) is 112 cm³/mol. The molecule has 5 rings (SSSR count). The Balaban J connectivity index is 1.27. The van der Waals surface area contributed by atoms with Crippen LogP contribution in [0.15, 0.2) is 61.2 Å². The van der Waals surface area contributed by atoms with Crippen molar-refractivity contribution in [3.63, 3.8) is 0 Å². The average Bonchev–Trinajstić information content (AvgIpc) is 3.50. The summed E-state index contributed by atoms with van der Waals surface area (Å²) in [7, 11) is 0. The molecule has 0 spiro atoms. The fourth-order valence-electron chi connectivity index (χ4n) is 3.74. The lowest BCUT2D eigenvalue weighted by Crippen LogP contribution is -2.37. The number of hydrogen-bond acceptors (Lipinski definition) is 4. The highest BCUT2D eigenvalue weighted by atomic mass is 35.5. The summed E-state index contributed by atoms with van der Waals surface area (Å²) in [6.07, 6.45) is 8.12. The molecule has 1 saturated heterocycles. The highest BCUT2D eigenvalue weighted by molar-refractivity contribution is 6.30. The summed E-state index contributed by atoms with van der Waals surface area (Å²) >= 11 is 5.72. The molecule has 0 aliphatic carbocycles. The number of nitrogens with one attached hydrogen (secondary N) is 1. The van der Waals surface area contributed by atoms with Gasteiger partial charge in [-0.1, -0.05) is 11.6 Å². The van der Waals surface area contributed by atoms with E-state index in [9.17, 15) is 9.18 Å². The van der Waals surface area contributed by atoms with Gasteiger partial charge in [-0.3, -0.25) is 4.79 Å². The van der Waals surface area contributed by atoms with Gasteiger partial charge in [0.15, 0.2) is 11.5 Å². The van der Waals surface area contributed by atoms with Crippen LogP contribution in [-0.2, 0) is 0 Å². The third-order valence-electron chi connectivity index (χ3n) is 5.24. The standard InChI is InChI=1S/C21H18ClFN6O/c22-16-4-3-15(12-17(16)23)29-10-6-18(26-29)21(30)25-14-5-9-28(13-14)20-19-2-1-8-27(19)11-7-24-20/h1-4,6-8,10-12,14H,5,9,13H2,(H,25,30)/t14-/m0/s1. The van der Waals surface area contributed by atoms with E-state index in [2.05, 4.69) is 20.3 Å². The molecule has 1 fully saturated rings. The van der Waals surface area contributed by atoms with Gasteiger partial charge in [0, 0.05) is 50.0 Å². The van der Waals surface area contributed by atoms with Gasteiger partial charge in [0.2, 0.25) is 0 Å². The Labute approximate surface area is 176 Å². The average molecular weight is 425 g/mol. The van der Waals surface area contributed by atoms with E-state index in [4.69, 9.17) is 11.6 Å². The number of nitrogens with zero attached hydrogens (tertiary/aromatic N) is 5. The van der Waals surface area contributed by atoms with Crippen LogP contribution < -0.4 is 10.2 Å². The summed E-state index contributed by atoms with van der Waals surface area (Å²) in [5.74, 6) is 0.116. The number of amides is 1. The summed E-state index contributed by atoms with van der Waals surface area (Å²) in [4.78, 5) is 19.4. The second kappa shape index (κ2) is 7.46. The molecule has 0 unspecified atom stereocenters. The van der Waals surface area contributed by atoms with Crippen molar-refractivity contribution in [3.05, 3.63) is 77.7 Å². The number of fused-ring (bicyclic) bond motifs is 1. The summed E-state index contributed by atoms with van der Waals surface area (Å²) in [6.45, 7) is 1.48. The largest absolute Gasteiger partial charge is 0.353 e. The maximum atomic E-state index is 13.7. The van der Waals surface area contributed by atoms with Gasteiger partial charge in [-0.25, -0.2) is 14.1 Å². The van der Waals surface area contributed by atoms with Crippen LogP contribution in [0, 0.1) is 5.82 Å². The van der Waals surface area contributed by atoms with Crippen LogP contribution in [0.3, 0.4) is 0 Å². The first-order valence-electron chi connectivity index (χ1n) is 9.57. The normalized spacial score (nSPS) is 16.3. The second-order valence-corrected chi connectivity index (χ2v) is 7.61. The zero-order valence-electron chi connectivity index (χ0n) is 15.9. The lowest BCUT2D eigenvalue weighted by Gasteiger charge is -2.18. The minimum Gasteiger partial charge on any atom is -0.353 e. The van der Waals surface area contributed by atoms with Crippen molar-refractivity contribution in [3.8, 4) is 5.69 Å². The van der Waals surface area contributed by atoms with Crippen LogP contribution in [0.25, 0.3) is 11.2 Å². The molecule has 1 aromatic carbocycles. The third-order valence-corrected chi connectivity index (χ3v) is 5.55. The molecule has 0 radical (unpaired) electrons. The monoisotopic (exact) mass is 424 g/mol. The molecule has 7 nitrogen and oxygen atoms in total. The number of aromatic nitrogens is 4. The highest BCUT2D eigenvalue weighted by Gasteiger charge is 2.27. The van der Waals surface area contributed by atoms with Crippen molar-refractivity contribution in [1.82, 2.24) is 24.5 Å². The molecule has 1 aliphatic heterocycles. The van der Waals surface area contributed by atoms with Crippen molar-refractivity contribution in [1.29, 1.82) is 0 Å². The Morgan fingerprint density at radius 1 is 1.20 bits per heavy atom. The molecule has 1 N–H and O–H groups in total. The molecule has 1 amide bonds. The van der Waals surface area contributed by atoms with Gasteiger partial charge in [-0.15, -0.1) is 0 Å². The number of carbonyl (C=O) groups excluding carboxylic acids is 1. The van der Waals surface area contributed by atoms with Crippen LogP contribution in [0.4, 0.5) is 10.2 Å². The number of benzene rings is 1. The van der Waals surface area contributed by atoms with Crippen LogP contribution in [0.5, 0.6) is 0 Å². The Bertz CT molecular complexity index is 1240. The first-order chi connectivity index (χ1) is 14.6. The van der Waals surface area contributed by atoms with E-state index >= 15 is 0 Å². The second-order valence-electron chi connectivity index (χ2n) is 7.20. The van der Waals surface area contributed by atoms with E-state index in [-0.39, 0.29) is 22.7 Å². The number of carbonyl (C=O) groups is 1. The van der Waals surface area contributed by atoms with E-state index in [1.807, 2.05) is 28.9 Å². The summed E-state index contributed by atoms with van der Waals surface area (Å²) in [5.41, 5.74) is 1.81. The van der Waals surface area contributed by atoms with Gasteiger partial charge in [0.05, 0.1) is 16.2 Å². The van der Waals surface area contributed by atoms with Crippen LogP contribution in [-0.4, -0.2) is 44.2 Å². The first kappa shape index (κ1) is 18.6. The van der Waals surface area contributed by atoms with E-state index in [1.54, 1.807) is 24.5 Å².